The normalized spacial score (nSPS) is 21.2. The Kier molecular flexibility index (Phi) is 6.05. The molecular weight excluding hydrogens is 387 g/mol. The lowest BCUT2D eigenvalue weighted by molar-refractivity contribution is -0.135. The van der Waals surface area contributed by atoms with Crippen molar-refractivity contribution in [2.75, 3.05) is 26.0 Å². The van der Waals surface area contributed by atoms with Gasteiger partial charge in [-0.3, -0.25) is 14.6 Å². The molecule has 0 aliphatic carbocycles. The van der Waals surface area contributed by atoms with E-state index in [1.807, 2.05) is 0 Å². The molecule has 1 aromatic rings. The minimum absolute atomic E-state index is 0.125. The number of likely N-dealkylation sites (tertiary alicyclic amines) is 1. The van der Waals surface area contributed by atoms with Crippen molar-refractivity contribution in [2.45, 2.75) is 6.18 Å². The SMILES string of the molecule is CN=C(C=C(N)[C@H]1CN(C)C(=O)[C@@H]1C(=O)Nc1cccc(F)c1F)C(F)(F)F. The van der Waals surface area contributed by atoms with Gasteiger partial charge < -0.3 is 16.0 Å². The molecule has 1 aromatic carbocycles. The van der Waals surface area contributed by atoms with Crippen LogP contribution >= 0.6 is 0 Å². The van der Waals surface area contributed by atoms with Crippen molar-refractivity contribution >= 4 is 23.2 Å². The van der Waals surface area contributed by atoms with Gasteiger partial charge in [0.15, 0.2) is 11.6 Å². The topological polar surface area (TPSA) is 87.8 Å². The average Bonchev–Trinajstić information content (AvgIpc) is 2.90. The van der Waals surface area contributed by atoms with Gasteiger partial charge in [0.2, 0.25) is 11.8 Å². The Labute approximate surface area is 156 Å². The molecule has 1 fully saturated rings. The maximum absolute atomic E-state index is 13.8. The number of carbonyl (C=O) groups excluding carboxylic acids is 2. The molecule has 2 amide bonds. The number of alkyl halides is 3. The second kappa shape index (κ2) is 7.95. The minimum Gasteiger partial charge on any atom is -0.402 e. The summed E-state index contributed by atoms with van der Waals surface area (Å²) in [4.78, 5) is 29.1. The third-order valence-electron chi connectivity index (χ3n) is 4.27. The molecule has 0 aromatic heterocycles. The van der Waals surface area contributed by atoms with Crippen LogP contribution in [0.15, 0.2) is 35.0 Å². The molecule has 28 heavy (non-hydrogen) atoms. The molecule has 152 valence electrons. The summed E-state index contributed by atoms with van der Waals surface area (Å²) in [6.45, 7) is -0.125. The molecule has 0 saturated carbocycles. The van der Waals surface area contributed by atoms with Crippen LogP contribution < -0.4 is 11.1 Å². The standard InChI is InChI=1S/C17H17F5N4O2/c1-24-12(17(20,21)22)6-10(23)8-7-26(2)16(28)13(8)15(27)25-11-5-3-4-9(18)14(11)19/h3-6,8,13H,7,23H2,1-2H3,(H,25,27)/t8-,13+/m1/s1. The Morgan fingerprint density at radius 2 is 2.00 bits per heavy atom. The van der Waals surface area contributed by atoms with E-state index in [4.69, 9.17) is 5.73 Å². The second-order valence-electron chi connectivity index (χ2n) is 6.14. The van der Waals surface area contributed by atoms with Crippen LogP contribution in [0.5, 0.6) is 0 Å². The third kappa shape index (κ3) is 4.29. The molecule has 0 spiro atoms. The highest BCUT2D eigenvalue weighted by Gasteiger charge is 2.45. The number of rotatable bonds is 4. The summed E-state index contributed by atoms with van der Waals surface area (Å²) in [7, 11) is 2.27. The summed E-state index contributed by atoms with van der Waals surface area (Å²) in [6.07, 6.45) is -4.21. The average molecular weight is 404 g/mol. The van der Waals surface area contributed by atoms with Crippen molar-refractivity contribution in [1.82, 2.24) is 4.90 Å². The van der Waals surface area contributed by atoms with Crippen molar-refractivity contribution in [3.05, 3.63) is 41.6 Å². The van der Waals surface area contributed by atoms with Crippen LogP contribution in [0.3, 0.4) is 0 Å². The lowest BCUT2D eigenvalue weighted by atomic mass is 9.91. The first kappa shape index (κ1) is 21.3. The summed E-state index contributed by atoms with van der Waals surface area (Å²) in [5, 5.41) is 2.09. The first-order chi connectivity index (χ1) is 13.0. The summed E-state index contributed by atoms with van der Waals surface area (Å²) < 4.78 is 65.7. The van der Waals surface area contributed by atoms with E-state index >= 15 is 0 Å². The number of nitrogens with one attached hydrogen (secondary N) is 1. The third-order valence-corrected chi connectivity index (χ3v) is 4.27. The van der Waals surface area contributed by atoms with Crippen LogP contribution in [-0.4, -0.2) is 49.2 Å². The van der Waals surface area contributed by atoms with Crippen molar-refractivity contribution in [3.8, 4) is 0 Å². The summed E-state index contributed by atoms with van der Waals surface area (Å²) in [6, 6.07) is 3.07. The number of aliphatic imine (C=N–C) groups is 1. The highest BCUT2D eigenvalue weighted by Crippen LogP contribution is 2.31. The molecule has 11 heteroatoms. The van der Waals surface area contributed by atoms with E-state index in [0.29, 0.717) is 6.08 Å². The Bertz CT molecular complexity index is 850. The number of anilines is 1. The van der Waals surface area contributed by atoms with Crippen molar-refractivity contribution in [1.29, 1.82) is 0 Å². The zero-order valence-electron chi connectivity index (χ0n) is 14.8. The van der Waals surface area contributed by atoms with Gasteiger partial charge in [-0.2, -0.15) is 13.2 Å². The molecule has 1 saturated heterocycles. The Morgan fingerprint density at radius 3 is 2.57 bits per heavy atom. The fourth-order valence-corrected chi connectivity index (χ4v) is 2.84. The van der Waals surface area contributed by atoms with Crippen molar-refractivity contribution in [2.24, 2.45) is 22.6 Å². The zero-order valence-corrected chi connectivity index (χ0v) is 14.8. The zero-order chi connectivity index (χ0) is 21.2. The molecule has 1 aliphatic heterocycles. The van der Waals surface area contributed by atoms with E-state index in [1.165, 1.54) is 7.05 Å². The van der Waals surface area contributed by atoms with E-state index < -0.39 is 52.9 Å². The molecule has 0 bridgehead atoms. The Balaban J connectivity index is 2.33. The quantitative estimate of drug-likeness (QED) is 0.458. The molecule has 2 atom stereocenters. The molecule has 2 rings (SSSR count). The first-order valence-electron chi connectivity index (χ1n) is 7.98. The van der Waals surface area contributed by atoms with Crippen LogP contribution in [-0.2, 0) is 9.59 Å². The fraction of sp³-hybridized carbons (Fsp3) is 0.353. The van der Waals surface area contributed by atoms with Gasteiger partial charge >= 0.3 is 6.18 Å². The smallest absolute Gasteiger partial charge is 0.402 e. The van der Waals surface area contributed by atoms with Crippen LogP contribution in [0.25, 0.3) is 0 Å². The maximum Gasteiger partial charge on any atom is 0.432 e. The van der Waals surface area contributed by atoms with Crippen LogP contribution in [0.1, 0.15) is 0 Å². The van der Waals surface area contributed by atoms with E-state index in [2.05, 4.69) is 10.3 Å². The van der Waals surface area contributed by atoms with Gasteiger partial charge in [0.25, 0.3) is 0 Å². The molecular formula is C17H17F5N4O2. The van der Waals surface area contributed by atoms with Crippen LogP contribution in [0.2, 0.25) is 0 Å². The van der Waals surface area contributed by atoms with Gasteiger partial charge in [0, 0.05) is 32.3 Å². The Hall–Kier alpha value is -2.98. The molecule has 6 nitrogen and oxygen atoms in total. The van der Waals surface area contributed by atoms with Gasteiger partial charge in [-0.1, -0.05) is 6.07 Å². The first-order valence-corrected chi connectivity index (χ1v) is 7.98. The van der Waals surface area contributed by atoms with Crippen LogP contribution in [0, 0.1) is 23.5 Å². The molecule has 1 aliphatic rings. The van der Waals surface area contributed by atoms with Gasteiger partial charge in [0.05, 0.1) is 5.69 Å². The number of hydrogen-bond donors (Lipinski definition) is 2. The number of nitrogens with zero attached hydrogens (tertiary/aromatic N) is 2. The molecule has 0 unspecified atom stereocenters. The molecule has 3 N–H and O–H groups in total. The minimum atomic E-state index is -4.77. The number of nitrogens with two attached hydrogens (primary N) is 1. The second-order valence-corrected chi connectivity index (χ2v) is 6.14. The highest BCUT2D eigenvalue weighted by molar-refractivity contribution is 6.08. The van der Waals surface area contributed by atoms with Gasteiger partial charge in [-0.25, -0.2) is 8.78 Å². The monoisotopic (exact) mass is 404 g/mol. The lowest BCUT2D eigenvalue weighted by Crippen LogP contribution is -2.35. The van der Waals surface area contributed by atoms with Crippen LogP contribution in [0.4, 0.5) is 27.6 Å². The summed E-state index contributed by atoms with van der Waals surface area (Å²) in [5.41, 5.74) is 3.58. The maximum atomic E-state index is 13.8. The number of carbonyl (C=O) groups is 2. The molecule has 1 heterocycles. The molecule has 0 radical (unpaired) electrons. The summed E-state index contributed by atoms with van der Waals surface area (Å²) >= 11 is 0. The number of allylic oxidation sites excluding steroid dienone is 1. The van der Waals surface area contributed by atoms with Crippen molar-refractivity contribution in [3.63, 3.8) is 0 Å². The predicted octanol–water partition coefficient (Wildman–Crippen LogP) is 2.08. The van der Waals surface area contributed by atoms with Gasteiger partial charge in [0.1, 0.15) is 11.6 Å². The van der Waals surface area contributed by atoms with E-state index in [9.17, 15) is 31.5 Å². The number of benzene rings is 1. The van der Waals surface area contributed by atoms with E-state index in [0.717, 1.165) is 30.1 Å². The van der Waals surface area contributed by atoms with Gasteiger partial charge in [-0.05, 0) is 18.2 Å². The number of halogens is 5. The van der Waals surface area contributed by atoms with E-state index in [-0.39, 0.29) is 12.2 Å². The largest absolute Gasteiger partial charge is 0.432 e. The lowest BCUT2D eigenvalue weighted by Gasteiger charge is -2.18. The van der Waals surface area contributed by atoms with E-state index in [1.54, 1.807) is 0 Å². The predicted molar refractivity (Wildman–Crippen MR) is 91.3 cm³/mol. The number of amides is 2. The number of hydrogen-bond acceptors (Lipinski definition) is 4. The fourth-order valence-electron chi connectivity index (χ4n) is 2.84. The summed E-state index contributed by atoms with van der Waals surface area (Å²) in [5.74, 6) is -6.87. The van der Waals surface area contributed by atoms with Gasteiger partial charge in [-0.15, -0.1) is 0 Å². The Morgan fingerprint density at radius 1 is 1.36 bits per heavy atom. The highest BCUT2D eigenvalue weighted by atomic mass is 19.4. The van der Waals surface area contributed by atoms with Crippen molar-refractivity contribution < 1.29 is 31.5 Å².